The number of carboxylic acid groups (broad SMARTS) is 1. The van der Waals surface area contributed by atoms with Crippen LogP contribution in [0, 0.1) is 0 Å². The van der Waals surface area contributed by atoms with Crippen LogP contribution in [0.1, 0.15) is 168 Å². The molecule has 0 heterocycles. The minimum atomic E-state index is -0.882. The monoisotopic (exact) mass is 799 g/mol. The molecule has 57 heavy (non-hydrogen) atoms. The molecular formula is C49H84NO7+. The summed E-state index contributed by atoms with van der Waals surface area (Å²) in [5, 5.41) is 9.61. The van der Waals surface area contributed by atoms with Gasteiger partial charge in [0.05, 0.1) is 34.4 Å². The van der Waals surface area contributed by atoms with Gasteiger partial charge in [-0.1, -0.05) is 157 Å². The van der Waals surface area contributed by atoms with Gasteiger partial charge in [0, 0.05) is 19.3 Å². The van der Waals surface area contributed by atoms with E-state index < -0.39 is 18.1 Å². The lowest BCUT2D eigenvalue weighted by atomic mass is 10.1. The molecule has 1 N–H and O–H groups in total. The van der Waals surface area contributed by atoms with Crippen molar-refractivity contribution in [3.05, 3.63) is 72.9 Å². The van der Waals surface area contributed by atoms with Gasteiger partial charge in [0.15, 0.2) is 12.1 Å². The van der Waals surface area contributed by atoms with Gasteiger partial charge in [-0.2, -0.15) is 0 Å². The molecule has 0 radical (unpaired) electrons. The van der Waals surface area contributed by atoms with Crippen molar-refractivity contribution in [3.8, 4) is 0 Å². The summed E-state index contributed by atoms with van der Waals surface area (Å²) in [5.41, 5.74) is 0. The van der Waals surface area contributed by atoms with Crippen molar-refractivity contribution >= 4 is 17.9 Å². The number of allylic oxidation sites excluding steroid dienone is 12. The molecule has 0 bridgehead atoms. The third kappa shape index (κ3) is 38.1. The zero-order valence-corrected chi connectivity index (χ0v) is 37.0. The van der Waals surface area contributed by atoms with E-state index in [-0.39, 0.29) is 36.2 Å². The molecule has 0 aliphatic carbocycles. The van der Waals surface area contributed by atoms with Gasteiger partial charge < -0.3 is 23.8 Å². The highest BCUT2D eigenvalue weighted by Gasteiger charge is 2.31. The maximum absolute atomic E-state index is 12.7. The first-order chi connectivity index (χ1) is 27.6. The summed E-state index contributed by atoms with van der Waals surface area (Å²) in [6.07, 6.45) is 49.5. The Bertz CT molecular complexity index is 1160. The molecule has 0 saturated heterocycles. The van der Waals surface area contributed by atoms with Gasteiger partial charge in [0.25, 0.3) is 0 Å². The lowest BCUT2D eigenvalue weighted by Gasteiger charge is -2.31. The van der Waals surface area contributed by atoms with Crippen LogP contribution < -0.4 is 0 Å². The van der Waals surface area contributed by atoms with E-state index in [2.05, 4.69) is 86.8 Å². The summed E-state index contributed by atoms with van der Waals surface area (Å²) in [6.45, 7) is 4.57. The van der Waals surface area contributed by atoms with Crippen molar-refractivity contribution in [1.29, 1.82) is 0 Å². The van der Waals surface area contributed by atoms with E-state index in [4.69, 9.17) is 14.2 Å². The lowest BCUT2D eigenvalue weighted by molar-refractivity contribution is -0.887. The number of carbonyl (C=O) groups is 3. The number of rotatable bonds is 39. The second-order valence-corrected chi connectivity index (χ2v) is 15.9. The zero-order chi connectivity index (χ0) is 42.1. The normalized spacial score (nSPS) is 13.6. The standard InChI is InChI=1S/C49H83NO7/c1-6-8-10-12-14-16-18-19-20-21-22-23-24-25-26-27-28-29-30-32-34-36-38-40-48(52)57-45(43-55-42-41-46(49(53)54)50(3,4)5)44-56-47(51)39-37-35-33-31-17-15-13-11-9-7-2/h8,10,14,16,19-20,22-23,25-26,28-29,45-46H,6-7,9,11-13,15,17-18,21,24,27,30-44H2,1-5H3/p+1/b10-8+,16-14+,20-19+,23-22+,26-25+,29-28+. The third-order valence-electron chi connectivity index (χ3n) is 9.62. The van der Waals surface area contributed by atoms with Crippen LogP contribution in [0.25, 0.3) is 0 Å². The van der Waals surface area contributed by atoms with Crippen LogP contribution in [0.3, 0.4) is 0 Å². The number of carboxylic acids is 1. The smallest absolute Gasteiger partial charge is 0.362 e. The predicted octanol–water partition coefficient (Wildman–Crippen LogP) is 12.4. The summed E-state index contributed by atoms with van der Waals surface area (Å²) >= 11 is 0. The number of aliphatic carboxylic acids is 1. The van der Waals surface area contributed by atoms with Crippen LogP contribution >= 0.6 is 0 Å². The maximum atomic E-state index is 12.7. The molecule has 0 amide bonds. The van der Waals surface area contributed by atoms with Gasteiger partial charge in [-0.3, -0.25) is 9.59 Å². The number of quaternary nitrogens is 1. The molecule has 0 aliphatic heterocycles. The third-order valence-corrected chi connectivity index (χ3v) is 9.62. The molecule has 0 fully saturated rings. The molecule has 0 aliphatic rings. The number of carbonyl (C=O) groups excluding carboxylic acids is 2. The van der Waals surface area contributed by atoms with E-state index in [0.717, 1.165) is 89.9 Å². The average molecular weight is 799 g/mol. The molecule has 0 aromatic heterocycles. The van der Waals surface area contributed by atoms with Gasteiger partial charge in [-0.25, -0.2) is 4.79 Å². The quantitative estimate of drug-likeness (QED) is 0.0286. The van der Waals surface area contributed by atoms with Crippen LogP contribution in [0.4, 0.5) is 0 Å². The zero-order valence-electron chi connectivity index (χ0n) is 37.0. The number of hydrogen-bond donors (Lipinski definition) is 1. The van der Waals surface area contributed by atoms with Crippen molar-refractivity contribution in [2.75, 3.05) is 41.0 Å². The highest BCUT2D eigenvalue weighted by atomic mass is 16.6. The van der Waals surface area contributed by atoms with E-state index in [9.17, 15) is 19.5 Å². The number of nitrogens with zero attached hydrogens (tertiary/aromatic N) is 1. The Kier molecular flexibility index (Phi) is 37.3. The first kappa shape index (κ1) is 53.8. The van der Waals surface area contributed by atoms with Crippen molar-refractivity contribution in [3.63, 3.8) is 0 Å². The second-order valence-electron chi connectivity index (χ2n) is 15.9. The first-order valence-corrected chi connectivity index (χ1v) is 22.5. The predicted molar refractivity (Wildman–Crippen MR) is 238 cm³/mol. The fraction of sp³-hybridized carbons (Fsp3) is 0.694. The van der Waals surface area contributed by atoms with Crippen molar-refractivity contribution in [2.45, 2.75) is 180 Å². The molecule has 8 heteroatoms. The van der Waals surface area contributed by atoms with Crippen molar-refractivity contribution < 1.29 is 38.2 Å². The highest BCUT2D eigenvalue weighted by Crippen LogP contribution is 2.13. The van der Waals surface area contributed by atoms with Crippen molar-refractivity contribution in [2.24, 2.45) is 0 Å². The SMILES string of the molecule is CC/C=C/C/C=C/C/C=C/C/C=C/C/C=C/C/C=C/CCCCCCC(=O)OC(COCCC(C(=O)O)[N+](C)(C)C)COC(=O)CCCCCCCCCCCC. The Morgan fingerprint density at radius 2 is 0.982 bits per heavy atom. The summed E-state index contributed by atoms with van der Waals surface area (Å²) in [7, 11) is 5.51. The van der Waals surface area contributed by atoms with Gasteiger partial charge >= 0.3 is 17.9 Å². The minimum absolute atomic E-state index is 0.0483. The fourth-order valence-electron chi connectivity index (χ4n) is 6.15. The van der Waals surface area contributed by atoms with E-state index in [1.165, 1.54) is 44.9 Å². The molecule has 2 atom stereocenters. The topological polar surface area (TPSA) is 99.1 Å². The highest BCUT2D eigenvalue weighted by molar-refractivity contribution is 5.72. The van der Waals surface area contributed by atoms with E-state index in [0.29, 0.717) is 19.3 Å². The average Bonchev–Trinajstić information content (AvgIpc) is 3.17. The lowest BCUT2D eigenvalue weighted by Crippen LogP contribution is -2.50. The maximum Gasteiger partial charge on any atom is 0.362 e. The van der Waals surface area contributed by atoms with Crippen molar-refractivity contribution in [1.82, 2.24) is 0 Å². The number of unbranched alkanes of at least 4 members (excludes halogenated alkanes) is 13. The number of ether oxygens (including phenoxy) is 3. The number of likely N-dealkylation sites (N-methyl/N-ethyl adjacent to an activating group) is 1. The molecule has 326 valence electrons. The van der Waals surface area contributed by atoms with E-state index >= 15 is 0 Å². The Hall–Kier alpha value is -3.23. The largest absolute Gasteiger partial charge is 0.477 e. The second kappa shape index (κ2) is 39.6. The number of esters is 2. The van der Waals surface area contributed by atoms with Gasteiger partial charge in [0.1, 0.15) is 6.61 Å². The summed E-state index contributed by atoms with van der Waals surface area (Å²) in [5.74, 6) is -1.51. The van der Waals surface area contributed by atoms with Gasteiger partial charge in [-0.15, -0.1) is 0 Å². The molecule has 0 aromatic rings. The van der Waals surface area contributed by atoms with E-state index in [1.54, 1.807) is 0 Å². The molecule has 0 spiro atoms. The summed E-state index contributed by atoms with van der Waals surface area (Å²) in [6, 6.07) is -0.621. The Balaban J connectivity index is 4.35. The summed E-state index contributed by atoms with van der Waals surface area (Å²) < 4.78 is 17.2. The van der Waals surface area contributed by atoms with Gasteiger partial charge in [0.2, 0.25) is 0 Å². The minimum Gasteiger partial charge on any atom is -0.477 e. The first-order valence-electron chi connectivity index (χ1n) is 22.5. The molecule has 2 unspecified atom stereocenters. The van der Waals surface area contributed by atoms with Crippen LogP contribution in [0.5, 0.6) is 0 Å². The Morgan fingerprint density at radius 1 is 0.544 bits per heavy atom. The number of hydrogen-bond acceptors (Lipinski definition) is 6. The molecule has 0 saturated carbocycles. The summed E-state index contributed by atoms with van der Waals surface area (Å²) in [4.78, 5) is 36.9. The van der Waals surface area contributed by atoms with Crippen LogP contribution in [-0.4, -0.2) is 80.6 Å². The fourth-order valence-corrected chi connectivity index (χ4v) is 6.15. The molecule has 0 rings (SSSR count). The van der Waals surface area contributed by atoms with Gasteiger partial charge in [-0.05, 0) is 64.2 Å². The van der Waals surface area contributed by atoms with Crippen LogP contribution in [-0.2, 0) is 28.6 Å². The van der Waals surface area contributed by atoms with Crippen LogP contribution in [0.2, 0.25) is 0 Å². The molecular weight excluding hydrogens is 715 g/mol. The Labute approximate surface area is 349 Å². The molecule has 8 nitrogen and oxygen atoms in total. The van der Waals surface area contributed by atoms with Crippen LogP contribution in [0.15, 0.2) is 72.9 Å². The van der Waals surface area contributed by atoms with E-state index in [1.807, 2.05) is 21.1 Å². The Morgan fingerprint density at radius 3 is 1.46 bits per heavy atom. The molecule has 0 aromatic carbocycles.